The van der Waals surface area contributed by atoms with Crippen molar-refractivity contribution in [3.8, 4) is 5.75 Å². The first kappa shape index (κ1) is 15.3. The summed E-state index contributed by atoms with van der Waals surface area (Å²) in [5.74, 6) is 0.216. The predicted octanol–water partition coefficient (Wildman–Crippen LogP) is 3.56. The third-order valence-corrected chi connectivity index (χ3v) is 2.95. The Bertz CT molecular complexity index is 698. The van der Waals surface area contributed by atoms with Crippen LogP contribution in [-0.4, -0.2) is 18.1 Å². The zero-order valence-electron chi connectivity index (χ0n) is 12.1. The van der Waals surface area contributed by atoms with Crippen molar-refractivity contribution in [1.82, 2.24) is 0 Å². The van der Waals surface area contributed by atoms with E-state index in [0.29, 0.717) is 11.4 Å². The second kappa shape index (κ2) is 6.57. The molecule has 7 heteroatoms. The SMILES string of the molecule is COc1cc([N+](=O)[O-])ccc1NC(=O)Nc1ccc(C)cc1. The van der Waals surface area contributed by atoms with Gasteiger partial charge in [-0.1, -0.05) is 17.7 Å². The Morgan fingerprint density at radius 1 is 1.14 bits per heavy atom. The maximum atomic E-state index is 11.9. The quantitative estimate of drug-likeness (QED) is 0.667. The fourth-order valence-electron chi connectivity index (χ4n) is 1.82. The molecule has 2 N–H and O–H groups in total. The number of nitrogens with zero attached hydrogens (tertiary/aromatic N) is 1. The number of nitro benzene ring substituents is 1. The highest BCUT2D eigenvalue weighted by atomic mass is 16.6. The molecule has 2 aromatic rings. The lowest BCUT2D eigenvalue weighted by Crippen LogP contribution is -2.19. The molecule has 2 aromatic carbocycles. The van der Waals surface area contributed by atoms with E-state index in [4.69, 9.17) is 4.74 Å². The Labute approximate surface area is 127 Å². The van der Waals surface area contributed by atoms with Crippen molar-refractivity contribution in [3.63, 3.8) is 0 Å². The fourth-order valence-corrected chi connectivity index (χ4v) is 1.82. The van der Waals surface area contributed by atoms with Crippen molar-refractivity contribution in [2.75, 3.05) is 17.7 Å². The second-order valence-corrected chi connectivity index (χ2v) is 4.59. The Kier molecular flexibility index (Phi) is 4.57. The van der Waals surface area contributed by atoms with Crippen molar-refractivity contribution in [3.05, 3.63) is 58.1 Å². The van der Waals surface area contributed by atoms with Crippen LogP contribution in [0.5, 0.6) is 5.75 Å². The molecular formula is C15H15N3O4. The van der Waals surface area contributed by atoms with Crippen LogP contribution in [0, 0.1) is 17.0 Å². The summed E-state index contributed by atoms with van der Waals surface area (Å²) < 4.78 is 5.06. The zero-order valence-corrected chi connectivity index (χ0v) is 12.1. The van der Waals surface area contributed by atoms with Gasteiger partial charge in [-0.2, -0.15) is 0 Å². The highest BCUT2D eigenvalue weighted by molar-refractivity contribution is 6.00. The molecule has 0 unspecified atom stereocenters. The molecule has 0 fully saturated rings. The van der Waals surface area contributed by atoms with E-state index in [1.807, 2.05) is 19.1 Å². The number of amides is 2. The van der Waals surface area contributed by atoms with Gasteiger partial charge in [0.25, 0.3) is 5.69 Å². The molecule has 0 aliphatic carbocycles. The third-order valence-electron chi connectivity index (χ3n) is 2.95. The number of nitro groups is 1. The smallest absolute Gasteiger partial charge is 0.323 e. The van der Waals surface area contributed by atoms with E-state index >= 15 is 0 Å². The van der Waals surface area contributed by atoms with Crippen molar-refractivity contribution in [2.45, 2.75) is 6.92 Å². The highest BCUT2D eigenvalue weighted by Crippen LogP contribution is 2.29. The number of urea groups is 1. The van der Waals surface area contributed by atoms with Crippen LogP contribution in [0.15, 0.2) is 42.5 Å². The van der Waals surface area contributed by atoms with Gasteiger partial charge in [-0.25, -0.2) is 4.79 Å². The Balaban J connectivity index is 2.10. The average Bonchev–Trinajstić information content (AvgIpc) is 2.49. The van der Waals surface area contributed by atoms with Gasteiger partial charge in [-0.05, 0) is 25.1 Å². The van der Waals surface area contributed by atoms with E-state index in [2.05, 4.69) is 10.6 Å². The number of carbonyl (C=O) groups excluding carboxylic acids is 1. The number of carbonyl (C=O) groups is 1. The lowest BCUT2D eigenvalue weighted by molar-refractivity contribution is -0.384. The van der Waals surface area contributed by atoms with E-state index in [-0.39, 0.29) is 11.4 Å². The summed E-state index contributed by atoms with van der Waals surface area (Å²) in [5, 5.41) is 16.0. The molecule has 0 radical (unpaired) electrons. The van der Waals surface area contributed by atoms with Gasteiger partial charge in [0.05, 0.1) is 23.8 Å². The summed E-state index contributed by atoms with van der Waals surface area (Å²) in [6, 6.07) is 10.8. The fraction of sp³-hybridized carbons (Fsp3) is 0.133. The Hall–Kier alpha value is -3.09. The van der Waals surface area contributed by atoms with E-state index in [0.717, 1.165) is 5.56 Å². The molecule has 0 heterocycles. The number of non-ortho nitro benzene ring substituents is 1. The zero-order chi connectivity index (χ0) is 16.1. The largest absolute Gasteiger partial charge is 0.494 e. The number of hydrogen-bond donors (Lipinski definition) is 2. The topological polar surface area (TPSA) is 93.5 Å². The summed E-state index contributed by atoms with van der Waals surface area (Å²) in [5.41, 5.74) is 1.96. The minimum absolute atomic E-state index is 0.110. The maximum absolute atomic E-state index is 11.9. The summed E-state index contributed by atoms with van der Waals surface area (Å²) in [6.07, 6.45) is 0. The second-order valence-electron chi connectivity index (χ2n) is 4.59. The first-order chi connectivity index (χ1) is 10.5. The van der Waals surface area contributed by atoms with Gasteiger partial charge in [0.1, 0.15) is 5.75 Å². The van der Waals surface area contributed by atoms with Crippen molar-refractivity contribution in [1.29, 1.82) is 0 Å². The molecule has 0 aliphatic rings. The van der Waals surface area contributed by atoms with E-state index in [9.17, 15) is 14.9 Å². The number of methoxy groups -OCH3 is 1. The minimum Gasteiger partial charge on any atom is -0.494 e. The molecule has 2 rings (SSSR count). The van der Waals surface area contributed by atoms with Gasteiger partial charge < -0.3 is 15.4 Å². The van der Waals surface area contributed by atoms with Crippen LogP contribution in [0.4, 0.5) is 21.9 Å². The van der Waals surface area contributed by atoms with Gasteiger partial charge in [-0.15, -0.1) is 0 Å². The molecule has 0 atom stereocenters. The van der Waals surface area contributed by atoms with Crippen LogP contribution >= 0.6 is 0 Å². The van der Waals surface area contributed by atoms with Crippen molar-refractivity contribution >= 4 is 23.1 Å². The molecule has 0 bridgehead atoms. The minimum atomic E-state index is -0.529. The van der Waals surface area contributed by atoms with Crippen LogP contribution in [-0.2, 0) is 0 Å². The van der Waals surface area contributed by atoms with Crippen LogP contribution in [0.2, 0.25) is 0 Å². The first-order valence-electron chi connectivity index (χ1n) is 6.46. The van der Waals surface area contributed by atoms with Gasteiger partial charge in [0, 0.05) is 11.8 Å². The molecule has 0 saturated heterocycles. The Morgan fingerprint density at radius 3 is 2.41 bits per heavy atom. The van der Waals surface area contributed by atoms with Gasteiger partial charge >= 0.3 is 6.03 Å². The van der Waals surface area contributed by atoms with Crippen LogP contribution in [0.25, 0.3) is 0 Å². The summed E-state index contributed by atoms with van der Waals surface area (Å²) in [6.45, 7) is 1.95. The number of hydrogen-bond acceptors (Lipinski definition) is 4. The molecule has 114 valence electrons. The first-order valence-corrected chi connectivity index (χ1v) is 6.46. The lowest BCUT2D eigenvalue weighted by atomic mass is 10.2. The normalized spacial score (nSPS) is 9.91. The predicted molar refractivity (Wildman–Crippen MR) is 83.5 cm³/mol. The number of benzene rings is 2. The molecule has 0 saturated carbocycles. The van der Waals surface area contributed by atoms with Gasteiger partial charge in [0.15, 0.2) is 0 Å². The van der Waals surface area contributed by atoms with E-state index in [1.54, 1.807) is 12.1 Å². The van der Waals surface area contributed by atoms with Crippen LogP contribution in [0.3, 0.4) is 0 Å². The lowest BCUT2D eigenvalue weighted by Gasteiger charge is -2.11. The van der Waals surface area contributed by atoms with Crippen LogP contribution in [0.1, 0.15) is 5.56 Å². The Morgan fingerprint density at radius 2 is 1.82 bits per heavy atom. The summed E-state index contributed by atoms with van der Waals surface area (Å²) in [4.78, 5) is 22.1. The number of rotatable bonds is 4. The third kappa shape index (κ3) is 3.72. The maximum Gasteiger partial charge on any atom is 0.323 e. The van der Waals surface area contributed by atoms with Gasteiger partial charge in [0.2, 0.25) is 0 Å². The average molecular weight is 301 g/mol. The van der Waals surface area contributed by atoms with E-state index in [1.165, 1.54) is 25.3 Å². The molecule has 22 heavy (non-hydrogen) atoms. The number of anilines is 2. The molecule has 0 aromatic heterocycles. The number of ether oxygens (including phenoxy) is 1. The van der Waals surface area contributed by atoms with Crippen molar-refractivity contribution < 1.29 is 14.5 Å². The standard InChI is InChI=1S/C15H15N3O4/c1-10-3-5-11(6-4-10)16-15(19)17-13-8-7-12(18(20)21)9-14(13)22-2/h3-9H,1-2H3,(H2,16,17,19). The highest BCUT2D eigenvalue weighted by Gasteiger charge is 2.13. The molecule has 2 amide bonds. The number of nitrogens with one attached hydrogen (secondary N) is 2. The van der Waals surface area contributed by atoms with Crippen molar-refractivity contribution in [2.24, 2.45) is 0 Å². The molecular weight excluding hydrogens is 286 g/mol. The molecule has 0 aliphatic heterocycles. The molecule has 7 nitrogen and oxygen atoms in total. The monoisotopic (exact) mass is 301 g/mol. The van der Waals surface area contributed by atoms with Crippen LogP contribution < -0.4 is 15.4 Å². The number of aryl methyl sites for hydroxylation is 1. The van der Waals surface area contributed by atoms with E-state index < -0.39 is 11.0 Å². The van der Waals surface area contributed by atoms with Gasteiger partial charge in [-0.3, -0.25) is 10.1 Å². The molecule has 0 spiro atoms. The summed E-state index contributed by atoms with van der Waals surface area (Å²) in [7, 11) is 1.38. The summed E-state index contributed by atoms with van der Waals surface area (Å²) >= 11 is 0.